The fourth-order valence-corrected chi connectivity index (χ4v) is 2.60. The van der Waals surface area contributed by atoms with Gasteiger partial charge >= 0.3 is 12.0 Å². The summed E-state index contributed by atoms with van der Waals surface area (Å²) in [6, 6.07) is 4.39. The average Bonchev–Trinajstić information content (AvgIpc) is 2.45. The Bertz CT molecular complexity index is 534. The van der Waals surface area contributed by atoms with Crippen LogP contribution in [-0.2, 0) is 11.2 Å². The first-order valence-electron chi connectivity index (χ1n) is 7.11. The summed E-state index contributed by atoms with van der Waals surface area (Å²) in [7, 11) is 0. The molecule has 114 valence electrons. The largest absolute Gasteiger partial charge is 0.481 e. The second-order valence-corrected chi connectivity index (χ2v) is 5.15. The van der Waals surface area contributed by atoms with E-state index in [2.05, 4.69) is 10.6 Å². The van der Waals surface area contributed by atoms with Crippen LogP contribution >= 0.6 is 0 Å². The molecule has 1 unspecified atom stereocenters. The summed E-state index contributed by atoms with van der Waals surface area (Å²) < 4.78 is 13.7. The second-order valence-electron chi connectivity index (χ2n) is 5.15. The number of benzene rings is 1. The zero-order valence-corrected chi connectivity index (χ0v) is 11.7. The molecule has 1 aromatic rings. The number of aliphatic carboxylic acids is 1. The van der Waals surface area contributed by atoms with Crippen LogP contribution in [-0.4, -0.2) is 23.7 Å². The molecule has 0 radical (unpaired) electrons. The van der Waals surface area contributed by atoms with Crippen LogP contribution in [0.1, 0.15) is 42.9 Å². The summed E-state index contributed by atoms with van der Waals surface area (Å²) >= 11 is 0. The summed E-state index contributed by atoms with van der Waals surface area (Å²) in [6.07, 6.45) is 2.72. The van der Waals surface area contributed by atoms with Gasteiger partial charge in [-0.3, -0.25) is 4.79 Å². The van der Waals surface area contributed by atoms with Gasteiger partial charge in [0.1, 0.15) is 5.82 Å². The van der Waals surface area contributed by atoms with Crippen molar-refractivity contribution in [3.05, 3.63) is 35.1 Å². The van der Waals surface area contributed by atoms with Crippen LogP contribution < -0.4 is 10.6 Å². The van der Waals surface area contributed by atoms with Gasteiger partial charge in [0.05, 0.1) is 6.04 Å². The molecule has 2 amide bonds. The zero-order chi connectivity index (χ0) is 15.2. The lowest BCUT2D eigenvalue weighted by molar-refractivity contribution is -0.137. The number of fused-ring (bicyclic) bond motifs is 1. The molecule has 3 N–H and O–H groups in total. The predicted molar refractivity (Wildman–Crippen MR) is 75.5 cm³/mol. The van der Waals surface area contributed by atoms with Crippen LogP contribution in [0.4, 0.5) is 9.18 Å². The molecule has 0 bridgehead atoms. The molecule has 0 spiro atoms. The Morgan fingerprint density at radius 1 is 1.38 bits per heavy atom. The standard InChI is InChI=1S/C15H19FN2O3/c16-12-6-1-5-11-10(12)4-2-7-13(11)18-15(21)17-9-3-8-14(19)20/h1,5-6,13H,2-4,7-9H2,(H,19,20)(H2,17,18,21). The minimum Gasteiger partial charge on any atom is -0.481 e. The third kappa shape index (κ3) is 4.18. The van der Waals surface area contributed by atoms with E-state index in [1.165, 1.54) is 6.07 Å². The summed E-state index contributed by atoms with van der Waals surface area (Å²) in [5.41, 5.74) is 1.52. The van der Waals surface area contributed by atoms with Gasteiger partial charge in [0.25, 0.3) is 0 Å². The molecule has 0 saturated heterocycles. The number of carboxylic acid groups (broad SMARTS) is 1. The van der Waals surface area contributed by atoms with Crippen molar-refractivity contribution in [1.82, 2.24) is 10.6 Å². The molecule has 0 aliphatic heterocycles. The van der Waals surface area contributed by atoms with Crippen molar-refractivity contribution in [2.75, 3.05) is 6.54 Å². The maximum absolute atomic E-state index is 13.7. The number of carboxylic acids is 1. The quantitative estimate of drug-likeness (QED) is 0.729. The first-order valence-corrected chi connectivity index (χ1v) is 7.11. The number of halogens is 1. The van der Waals surface area contributed by atoms with Gasteiger partial charge in [-0.15, -0.1) is 0 Å². The highest BCUT2D eigenvalue weighted by molar-refractivity contribution is 5.74. The lowest BCUT2D eigenvalue weighted by atomic mass is 9.87. The first-order chi connectivity index (χ1) is 10.1. The molecule has 1 aliphatic rings. The number of carbonyl (C=O) groups excluding carboxylic acids is 1. The number of carbonyl (C=O) groups is 2. The molecule has 0 aromatic heterocycles. The van der Waals surface area contributed by atoms with Crippen molar-refractivity contribution in [1.29, 1.82) is 0 Å². The van der Waals surface area contributed by atoms with Crippen molar-refractivity contribution < 1.29 is 19.1 Å². The van der Waals surface area contributed by atoms with E-state index >= 15 is 0 Å². The minimum atomic E-state index is -0.881. The molecule has 0 heterocycles. The molecule has 0 saturated carbocycles. The van der Waals surface area contributed by atoms with Gasteiger partial charge in [-0.2, -0.15) is 0 Å². The van der Waals surface area contributed by atoms with Crippen LogP contribution in [0.15, 0.2) is 18.2 Å². The molecule has 5 nitrogen and oxygen atoms in total. The van der Waals surface area contributed by atoms with E-state index in [9.17, 15) is 14.0 Å². The number of hydrogen-bond donors (Lipinski definition) is 3. The molecule has 0 fully saturated rings. The minimum absolute atomic E-state index is 0.0255. The Labute approximate surface area is 122 Å². The first kappa shape index (κ1) is 15.3. The Kier molecular flexibility index (Phi) is 5.14. The molecule has 21 heavy (non-hydrogen) atoms. The highest BCUT2D eigenvalue weighted by Crippen LogP contribution is 2.31. The highest BCUT2D eigenvalue weighted by atomic mass is 19.1. The summed E-state index contributed by atoms with van der Waals surface area (Å²) in [4.78, 5) is 22.2. The van der Waals surface area contributed by atoms with Crippen LogP contribution in [0.5, 0.6) is 0 Å². The fourth-order valence-electron chi connectivity index (χ4n) is 2.60. The van der Waals surface area contributed by atoms with Crippen LogP contribution in [0.3, 0.4) is 0 Å². The van der Waals surface area contributed by atoms with E-state index in [0.717, 1.165) is 18.4 Å². The lowest BCUT2D eigenvalue weighted by Gasteiger charge is -2.26. The van der Waals surface area contributed by atoms with Crippen LogP contribution in [0.2, 0.25) is 0 Å². The van der Waals surface area contributed by atoms with Gasteiger partial charge in [-0.05, 0) is 42.9 Å². The topological polar surface area (TPSA) is 78.4 Å². The Hall–Kier alpha value is -2.11. The van der Waals surface area contributed by atoms with E-state index in [-0.39, 0.29) is 24.3 Å². The molecule has 1 aromatic carbocycles. The van der Waals surface area contributed by atoms with E-state index in [4.69, 9.17) is 5.11 Å². The van der Waals surface area contributed by atoms with E-state index in [1.54, 1.807) is 6.07 Å². The maximum Gasteiger partial charge on any atom is 0.315 e. The third-order valence-electron chi connectivity index (χ3n) is 3.61. The van der Waals surface area contributed by atoms with Gasteiger partial charge in [0, 0.05) is 13.0 Å². The van der Waals surface area contributed by atoms with Gasteiger partial charge in [-0.1, -0.05) is 12.1 Å². The summed E-state index contributed by atoms with van der Waals surface area (Å²) in [6.45, 7) is 0.306. The lowest BCUT2D eigenvalue weighted by Crippen LogP contribution is -2.39. The Morgan fingerprint density at radius 3 is 2.95 bits per heavy atom. The number of hydrogen-bond acceptors (Lipinski definition) is 2. The summed E-state index contributed by atoms with van der Waals surface area (Å²) in [5.74, 6) is -1.10. The van der Waals surface area contributed by atoms with E-state index < -0.39 is 5.97 Å². The Morgan fingerprint density at radius 2 is 2.19 bits per heavy atom. The molecule has 6 heteroatoms. The van der Waals surface area contributed by atoms with Crippen molar-refractivity contribution in [2.24, 2.45) is 0 Å². The number of nitrogens with one attached hydrogen (secondary N) is 2. The summed E-state index contributed by atoms with van der Waals surface area (Å²) in [5, 5.41) is 14.0. The molecular weight excluding hydrogens is 275 g/mol. The Balaban J connectivity index is 1.88. The monoisotopic (exact) mass is 294 g/mol. The normalized spacial score (nSPS) is 16.9. The number of amides is 2. The van der Waals surface area contributed by atoms with Crippen LogP contribution in [0, 0.1) is 5.82 Å². The van der Waals surface area contributed by atoms with Crippen molar-refractivity contribution in [2.45, 2.75) is 38.1 Å². The molecular formula is C15H19FN2O3. The second kappa shape index (κ2) is 7.06. The maximum atomic E-state index is 13.7. The van der Waals surface area contributed by atoms with Gasteiger partial charge in [0.15, 0.2) is 0 Å². The van der Waals surface area contributed by atoms with Gasteiger partial charge < -0.3 is 15.7 Å². The zero-order valence-electron chi connectivity index (χ0n) is 11.7. The van der Waals surface area contributed by atoms with E-state index in [0.29, 0.717) is 24.9 Å². The molecule has 1 atom stereocenters. The van der Waals surface area contributed by atoms with Crippen molar-refractivity contribution >= 4 is 12.0 Å². The smallest absolute Gasteiger partial charge is 0.315 e. The van der Waals surface area contributed by atoms with Gasteiger partial charge in [0.2, 0.25) is 0 Å². The third-order valence-corrected chi connectivity index (χ3v) is 3.61. The molecule has 1 aliphatic carbocycles. The van der Waals surface area contributed by atoms with Crippen LogP contribution in [0.25, 0.3) is 0 Å². The molecule has 2 rings (SSSR count). The SMILES string of the molecule is O=C(O)CCCNC(=O)NC1CCCc2c(F)cccc21. The average molecular weight is 294 g/mol. The highest BCUT2D eigenvalue weighted by Gasteiger charge is 2.23. The van der Waals surface area contributed by atoms with Crippen molar-refractivity contribution in [3.8, 4) is 0 Å². The van der Waals surface area contributed by atoms with E-state index in [1.807, 2.05) is 6.07 Å². The number of rotatable bonds is 5. The number of urea groups is 1. The predicted octanol–water partition coefficient (Wildman–Crippen LogP) is 2.37. The van der Waals surface area contributed by atoms with Gasteiger partial charge in [-0.25, -0.2) is 9.18 Å². The fraction of sp³-hybridized carbons (Fsp3) is 0.467. The van der Waals surface area contributed by atoms with Crippen molar-refractivity contribution in [3.63, 3.8) is 0 Å².